The fraction of sp³-hybridized carbons (Fsp3) is 0.364. The van der Waals surface area contributed by atoms with Gasteiger partial charge in [-0.25, -0.2) is 9.59 Å². The summed E-state index contributed by atoms with van der Waals surface area (Å²) < 4.78 is 9.27. The molecule has 0 unspecified atom stereocenters. The Morgan fingerprint density at radius 1 is 1.13 bits per heavy atom. The molecule has 0 radical (unpaired) electrons. The molecule has 0 aliphatic rings. The number of aromatic nitrogens is 1. The van der Waals surface area contributed by atoms with Crippen molar-refractivity contribution in [1.29, 1.82) is 0 Å². The molecule has 1 rings (SSSR count). The zero-order chi connectivity index (χ0) is 17.2. The summed E-state index contributed by atoms with van der Waals surface area (Å²) in [6, 6.07) is 2.43. The number of nitro groups is 1. The number of pyridine rings is 1. The van der Waals surface area contributed by atoms with Gasteiger partial charge in [0.05, 0.1) is 11.8 Å². The summed E-state index contributed by atoms with van der Waals surface area (Å²) in [5, 5.41) is 15.3. The van der Waals surface area contributed by atoms with Gasteiger partial charge in [0, 0.05) is 6.07 Å². The minimum atomic E-state index is -0.919. The third-order valence-corrected chi connectivity index (χ3v) is 2.44. The summed E-state index contributed by atoms with van der Waals surface area (Å²) in [6.45, 7) is -0.0812. The van der Waals surface area contributed by atoms with E-state index in [1.165, 1.54) is 12.1 Å². The first kappa shape index (κ1) is 18.7. The third kappa shape index (κ3) is 6.53. The lowest BCUT2D eigenvalue weighted by Gasteiger charge is -2.07. The van der Waals surface area contributed by atoms with Crippen molar-refractivity contribution in [3.8, 4) is 0 Å². The van der Waals surface area contributed by atoms with Gasteiger partial charge >= 0.3 is 18.0 Å². The van der Waals surface area contributed by atoms with Crippen molar-refractivity contribution in [2.24, 2.45) is 0 Å². The van der Waals surface area contributed by atoms with Crippen molar-refractivity contribution < 1.29 is 24.0 Å². The smallest absolute Gasteiger partial charge is 0.414 e. The van der Waals surface area contributed by atoms with Crippen LogP contribution >= 0.6 is 23.2 Å². The zero-order valence-electron chi connectivity index (χ0n) is 11.6. The molecule has 12 heteroatoms. The van der Waals surface area contributed by atoms with E-state index in [4.69, 9.17) is 23.2 Å². The Labute approximate surface area is 140 Å². The molecule has 10 nitrogen and oxygen atoms in total. The average molecular weight is 367 g/mol. The number of nitrogens with one attached hydrogen (secondary N) is 2. The molecule has 0 aromatic carbocycles. The van der Waals surface area contributed by atoms with Crippen molar-refractivity contribution >= 4 is 52.7 Å². The van der Waals surface area contributed by atoms with Crippen molar-refractivity contribution in [2.45, 2.75) is 0 Å². The van der Waals surface area contributed by atoms with Gasteiger partial charge in [-0.05, 0) is 16.0 Å². The molecule has 2 N–H and O–H groups in total. The van der Waals surface area contributed by atoms with Crippen LogP contribution in [0, 0.1) is 10.1 Å². The number of alkyl halides is 2. The highest BCUT2D eigenvalue weighted by Crippen LogP contribution is 2.24. The molecule has 126 valence electrons. The van der Waals surface area contributed by atoms with Crippen LogP contribution in [-0.4, -0.2) is 47.1 Å². The first-order valence-corrected chi connectivity index (χ1v) is 7.19. The normalized spacial score (nSPS) is 9.83. The van der Waals surface area contributed by atoms with E-state index in [0.29, 0.717) is 0 Å². The molecule has 0 aliphatic heterocycles. The highest BCUT2D eigenvalue weighted by atomic mass is 35.5. The molecule has 1 heterocycles. The Bertz CT molecular complexity index is 586. The van der Waals surface area contributed by atoms with Crippen LogP contribution in [0.1, 0.15) is 0 Å². The number of amides is 2. The van der Waals surface area contributed by atoms with Crippen LogP contribution in [0.15, 0.2) is 12.1 Å². The number of ether oxygens (including phenoxy) is 2. The minimum absolute atomic E-state index is 0.0263. The Morgan fingerprint density at radius 2 is 1.70 bits per heavy atom. The molecular formula is C11H12Cl2N4O6. The first-order valence-electron chi connectivity index (χ1n) is 6.13. The van der Waals surface area contributed by atoms with Crippen molar-refractivity contribution in [1.82, 2.24) is 4.98 Å². The van der Waals surface area contributed by atoms with Crippen LogP contribution in [-0.2, 0) is 9.47 Å². The van der Waals surface area contributed by atoms with Crippen LogP contribution in [0.5, 0.6) is 0 Å². The maximum Gasteiger partial charge on any atom is 0.414 e. The van der Waals surface area contributed by atoms with Gasteiger partial charge in [0.1, 0.15) is 18.9 Å². The molecule has 0 bridgehead atoms. The number of rotatable bonds is 7. The second kappa shape index (κ2) is 9.64. The maximum atomic E-state index is 11.4. The molecule has 0 atom stereocenters. The Balaban J connectivity index is 2.83. The van der Waals surface area contributed by atoms with Crippen molar-refractivity contribution in [3.05, 3.63) is 22.2 Å². The van der Waals surface area contributed by atoms with E-state index < -0.39 is 22.9 Å². The largest absolute Gasteiger partial charge is 0.448 e. The molecule has 1 aromatic heterocycles. The summed E-state index contributed by atoms with van der Waals surface area (Å²) in [7, 11) is 0. The molecule has 0 saturated heterocycles. The predicted molar refractivity (Wildman–Crippen MR) is 82.3 cm³/mol. The molecule has 0 saturated carbocycles. The van der Waals surface area contributed by atoms with E-state index in [1.54, 1.807) is 0 Å². The number of hydrogen-bond acceptors (Lipinski definition) is 7. The fourth-order valence-corrected chi connectivity index (χ4v) is 1.46. The SMILES string of the molecule is O=C(Nc1ccc(NC(=O)OCCCl)c([N+](=O)[O-])n1)OCCCl. The monoisotopic (exact) mass is 366 g/mol. The number of anilines is 2. The summed E-state index contributed by atoms with van der Waals surface area (Å²) >= 11 is 10.7. The van der Waals surface area contributed by atoms with Gasteiger partial charge in [0.2, 0.25) is 0 Å². The van der Waals surface area contributed by atoms with Crippen LogP contribution in [0.4, 0.5) is 26.9 Å². The molecule has 0 fully saturated rings. The number of carbonyl (C=O) groups excluding carboxylic acids is 2. The highest BCUT2D eigenvalue weighted by Gasteiger charge is 2.21. The van der Waals surface area contributed by atoms with Crippen molar-refractivity contribution in [3.63, 3.8) is 0 Å². The number of nitrogens with zero attached hydrogens (tertiary/aromatic N) is 2. The standard InChI is InChI=1S/C11H12Cl2N4O6/c12-3-5-22-10(18)14-7-1-2-8(15-9(7)17(20)21)16-11(19)23-6-4-13/h1-2H,3-6H2,(H,14,18)(H,15,16,19). The van der Waals surface area contributed by atoms with E-state index in [1.807, 2.05) is 0 Å². The maximum absolute atomic E-state index is 11.4. The Hall–Kier alpha value is -2.33. The van der Waals surface area contributed by atoms with Gasteiger partial charge in [-0.3, -0.25) is 10.6 Å². The minimum Gasteiger partial charge on any atom is -0.448 e. The average Bonchev–Trinajstić information content (AvgIpc) is 2.52. The first-order chi connectivity index (χ1) is 11.0. The Kier molecular flexibility index (Phi) is 7.84. The van der Waals surface area contributed by atoms with Gasteiger partial charge in [-0.15, -0.1) is 23.2 Å². The van der Waals surface area contributed by atoms with Crippen LogP contribution in [0.3, 0.4) is 0 Å². The molecule has 0 aliphatic carbocycles. The molecule has 0 spiro atoms. The van der Waals surface area contributed by atoms with E-state index in [2.05, 4.69) is 25.1 Å². The van der Waals surface area contributed by atoms with E-state index >= 15 is 0 Å². The van der Waals surface area contributed by atoms with Gasteiger partial charge in [-0.1, -0.05) is 0 Å². The quantitative estimate of drug-likeness (QED) is 0.430. The predicted octanol–water partition coefficient (Wildman–Crippen LogP) is 2.56. The van der Waals surface area contributed by atoms with Gasteiger partial charge in [0.25, 0.3) is 5.82 Å². The Morgan fingerprint density at radius 3 is 2.22 bits per heavy atom. The van der Waals surface area contributed by atoms with Crippen LogP contribution < -0.4 is 10.6 Å². The summed E-state index contributed by atoms with van der Waals surface area (Å²) in [5.41, 5.74) is -0.200. The second-order valence-corrected chi connectivity index (χ2v) is 4.48. The number of halogens is 2. The number of carbonyl (C=O) groups is 2. The molecular weight excluding hydrogens is 355 g/mol. The summed E-state index contributed by atoms with van der Waals surface area (Å²) in [5.74, 6) is -0.617. The van der Waals surface area contributed by atoms with E-state index in [-0.39, 0.29) is 36.5 Å². The highest BCUT2D eigenvalue weighted by molar-refractivity contribution is 6.18. The lowest BCUT2D eigenvalue weighted by Crippen LogP contribution is -2.18. The second-order valence-electron chi connectivity index (χ2n) is 3.72. The lowest BCUT2D eigenvalue weighted by atomic mass is 10.3. The number of hydrogen-bond donors (Lipinski definition) is 2. The van der Waals surface area contributed by atoms with Gasteiger partial charge in [-0.2, -0.15) is 0 Å². The van der Waals surface area contributed by atoms with E-state index in [0.717, 1.165) is 0 Å². The topological polar surface area (TPSA) is 133 Å². The summed E-state index contributed by atoms with van der Waals surface area (Å²) in [6.07, 6.45) is -1.78. The van der Waals surface area contributed by atoms with Gasteiger partial charge in [0.15, 0.2) is 0 Å². The lowest BCUT2D eigenvalue weighted by molar-refractivity contribution is -0.388. The zero-order valence-corrected chi connectivity index (χ0v) is 13.1. The van der Waals surface area contributed by atoms with Gasteiger partial charge < -0.3 is 19.6 Å². The van der Waals surface area contributed by atoms with Crippen LogP contribution in [0.25, 0.3) is 0 Å². The fourth-order valence-electron chi connectivity index (χ4n) is 1.30. The molecule has 1 aromatic rings. The third-order valence-electron chi connectivity index (χ3n) is 2.14. The van der Waals surface area contributed by atoms with E-state index in [9.17, 15) is 19.7 Å². The molecule has 23 heavy (non-hydrogen) atoms. The van der Waals surface area contributed by atoms with Crippen LogP contribution in [0.2, 0.25) is 0 Å². The molecule has 2 amide bonds. The summed E-state index contributed by atoms with van der Waals surface area (Å²) in [4.78, 5) is 36.5. The van der Waals surface area contributed by atoms with Crippen molar-refractivity contribution in [2.75, 3.05) is 35.6 Å².